The smallest absolute Gasteiger partial charge is 0.0745 e. The molecule has 40 valence electrons. The molecule has 0 bridgehead atoms. The van der Waals surface area contributed by atoms with Crippen LogP contribution in [-0.4, -0.2) is 25.3 Å². The molecule has 2 nitrogen and oxygen atoms in total. The number of nitrogens with one attached hydrogen (secondary N) is 1. The molecule has 1 aliphatic heterocycles. The van der Waals surface area contributed by atoms with Crippen LogP contribution < -0.4 is 5.32 Å². The number of fused-ring (bicyclic) bond motifs is 1. The lowest BCUT2D eigenvalue weighted by Gasteiger charge is -2.09. The monoisotopic (exact) mass is 99.1 g/mol. The van der Waals surface area contributed by atoms with Crippen molar-refractivity contribution >= 4 is 0 Å². The first-order valence-electron chi connectivity index (χ1n) is 2.82. The zero-order valence-corrected chi connectivity index (χ0v) is 4.18. The van der Waals surface area contributed by atoms with E-state index in [-0.39, 0.29) is 0 Å². The van der Waals surface area contributed by atoms with Gasteiger partial charge in [0.05, 0.1) is 12.7 Å². The van der Waals surface area contributed by atoms with Gasteiger partial charge in [-0.05, 0) is 6.42 Å². The number of hydrogen-bond donors (Lipinski definition) is 1. The van der Waals surface area contributed by atoms with Crippen LogP contribution in [0.15, 0.2) is 0 Å². The van der Waals surface area contributed by atoms with Crippen LogP contribution >= 0.6 is 0 Å². The summed E-state index contributed by atoms with van der Waals surface area (Å²) in [6.45, 7) is 1.97. The number of rotatable bonds is 0. The summed E-state index contributed by atoms with van der Waals surface area (Å²) in [6, 6.07) is 0.730. The largest absolute Gasteiger partial charge is 0.375 e. The first-order valence-corrected chi connectivity index (χ1v) is 2.82. The van der Waals surface area contributed by atoms with E-state index in [2.05, 4.69) is 5.32 Å². The fraction of sp³-hybridized carbons (Fsp3) is 1.00. The Hall–Kier alpha value is -0.0800. The van der Waals surface area contributed by atoms with E-state index in [0.717, 1.165) is 19.2 Å². The lowest BCUT2D eigenvalue weighted by Crippen LogP contribution is -2.30. The standard InChI is InChI=1S/C5H9NO/c1-2-7-5-3-4(5)6-1/h4-6H,1-3H2/t4-,5-/m0/s1. The van der Waals surface area contributed by atoms with Gasteiger partial charge in [-0.1, -0.05) is 0 Å². The summed E-state index contributed by atoms with van der Waals surface area (Å²) in [7, 11) is 0. The van der Waals surface area contributed by atoms with Gasteiger partial charge < -0.3 is 10.1 Å². The maximum atomic E-state index is 5.29. The quantitative estimate of drug-likeness (QED) is 0.452. The molecule has 2 aliphatic rings. The highest BCUT2D eigenvalue weighted by atomic mass is 16.5. The summed E-state index contributed by atoms with van der Waals surface area (Å²) in [5.41, 5.74) is 0. The SMILES string of the molecule is C1CO[C@H]2C[C@@H]2N1. The van der Waals surface area contributed by atoms with Crippen molar-refractivity contribution in [2.75, 3.05) is 13.2 Å². The molecule has 1 N–H and O–H groups in total. The second-order valence-electron chi connectivity index (χ2n) is 2.21. The van der Waals surface area contributed by atoms with Gasteiger partial charge in [0.1, 0.15) is 0 Å². The molecule has 7 heavy (non-hydrogen) atoms. The highest BCUT2D eigenvalue weighted by Gasteiger charge is 2.39. The third-order valence-electron chi connectivity index (χ3n) is 1.57. The van der Waals surface area contributed by atoms with Crippen molar-refractivity contribution in [1.82, 2.24) is 5.32 Å². The molecular formula is C5H9NO. The zero-order chi connectivity index (χ0) is 4.69. The summed E-state index contributed by atoms with van der Waals surface area (Å²) in [6.07, 6.45) is 1.84. The second-order valence-corrected chi connectivity index (χ2v) is 2.21. The van der Waals surface area contributed by atoms with Crippen molar-refractivity contribution in [2.24, 2.45) is 0 Å². The predicted octanol–water partition coefficient (Wildman–Crippen LogP) is -0.253. The second kappa shape index (κ2) is 1.20. The minimum atomic E-state index is 0.591. The molecule has 2 fully saturated rings. The van der Waals surface area contributed by atoms with E-state index in [0.29, 0.717) is 6.10 Å². The van der Waals surface area contributed by atoms with Crippen molar-refractivity contribution in [3.63, 3.8) is 0 Å². The van der Waals surface area contributed by atoms with E-state index in [9.17, 15) is 0 Å². The summed E-state index contributed by atoms with van der Waals surface area (Å²) in [5, 5.41) is 3.33. The van der Waals surface area contributed by atoms with Gasteiger partial charge in [0.2, 0.25) is 0 Å². The van der Waals surface area contributed by atoms with E-state index in [1.54, 1.807) is 0 Å². The molecule has 2 rings (SSSR count). The van der Waals surface area contributed by atoms with Gasteiger partial charge in [0, 0.05) is 12.6 Å². The number of ether oxygens (including phenoxy) is 1. The topological polar surface area (TPSA) is 21.3 Å². The molecule has 1 heterocycles. The molecule has 1 saturated carbocycles. The Labute approximate surface area is 42.9 Å². The van der Waals surface area contributed by atoms with Crippen molar-refractivity contribution in [3.05, 3.63) is 0 Å². The van der Waals surface area contributed by atoms with Crippen molar-refractivity contribution in [3.8, 4) is 0 Å². The molecule has 0 aromatic carbocycles. The molecule has 2 heteroatoms. The molecule has 0 amide bonds. The minimum absolute atomic E-state index is 0.591. The van der Waals surface area contributed by atoms with Gasteiger partial charge >= 0.3 is 0 Å². The van der Waals surface area contributed by atoms with Crippen LogP contribution in [-0.2, 0) is 4.74 Å². The first-order chi connectivity index (χ1) is 3.47. The van der Waals surface area contributed by atoms with E-state index in [1.165, 1.54) is 6.42 Å². The lowest BCUT2D eigenvalue weighted by atomic mass is 10.5. The third-order valence-corrected chi connectivity index (χ3v) is 1.57. The van der Waals surface area contributed by atoms with Crippen LogP contribution in [0.5, 0.6) is 0 Å². The fourth-order valence-corrected chi connectivity index (χ4v) is 1.03. The van der Waals surface area contributed by atoms with Crippen molar-refractivity contribution < 1.29 is 4.74 Å². The Morgan fingerprint density at radius 2 is 2.57 bits per heavy atom. The molecular weight excluding hydrogens is 90.1 g/mol. The fourth-order valence-electron chi connectivity index (χ4n) is 1.03. The highest BCUT2D eigenvalue weighted by molar-refractivity contribution is 4.96. The van der Waals surface area contributed by atoms with E-state index in [4.69, 9.17) is 4.74 Å². The van der Waals surface area contributed by atoms with Gasteiger partial charge in [0.15, 0.2) is 0 Å². The molecule has 2 atom stereocenters. The van der Waals surface area contributed by atoms with Gasteiger partial charge in [-0.15, -0.1) is 0 Å². The Morgan fingerprint density at radius 3 is 3.14 bits per heavy atom. The maximum Gasteiger partial charge on any atom is 0.0745 e. The molecule has 0 spiro atoms. The van der Waals surface area contributed by atoms with Crippen molar-refractivity contribution in [1.29, 1.82) is 0 Å². The van der Waals surface area contributed by atoms with Crippen LogP contribution in [0.3, 0.4) is 0 Å². The average Bonchev–Trinajstić information content (AvgIpc) is 2.41. The molecule has 1 aliphatic carbocycles. The highest BCUT2D eigenvalue weighted by Crippen LogP contribution is 2.26. The van der Waals surface area contributed by atoms with E-state index < -0.39 is 0 Å². The Kier molecular flexibility index (Phi) is 0.664. The van der Waals surface area contributed by atoms with Gasteiger partial charge in [-0.25, -0.2) is 0 Å². The van der Waals surface area contributed by atoms with Crippen LogP contribution in [0.1, 0.15) is 6.42 Å². The minimum Gasteiger partial charge on any atom is -0.375 e. The summed E-state index contributed by atoms with van der Waals surface area (Å²) < 4.78 is 5.29. The number of hydrogen-bond acceptors (Lipinski definition) is 2. The van der Waals surface area contributed by atoms with Crippen LogP contribution in [0, 0.1) is 0 Å². The maximum absolute atomic E-state index is 5.29. The normalized spacial score (nSPS) is 48.0. The van der Waals surface area contributed by atoms with Crippen LogP contribution in [0.4, 0.5) is 0 Å². The van der Waals surface area contributed by atoms with Gasteiger partial charge in [-0.2, -0.15) is 0 Å². The predicted molar refractivity (Wildman–Crippen MR) is 26.1 cm³/mol. The Morgan fingerprint density at radius 1 is 1.57 bits per heavy atom. The third kappa shape index (κ3) is 0.545. The molecule has 0 radical (unpaired) electrons. The summed E-state index contributed by atoms with van der Waals surface area (Å²) in [4.78, 5) is 0. The summed E-state index contributed by atoms with van der Waals surface area (Å²) >= 11 is 0. The Bertz CT molecular complexity index is 74.1. The van der Waals surface area contributed by atoms with E-state index in [1.807, 2.05) is 0 Å². The average molecular weight is 99.1 g/mol. The first kappa shape index (κ1) is 3.87. The molecule has 0 unspecified atom stereocenters. The number of morpholine rings is 1. The van der Waals surface area contributed by atoms with Crippen molar-refractivity contribution in [2.45, 2.75) is 18.6 Å². The van der Waals surface area contributed by atoms with Crippen LogP contribution in [0.25, 0.3) is 0 Å². The molecule has 0 aromatic heterocycles. The van der Waals surface area contributed by atoms with Crippen LogP contribution in [0.2, 0.25) is 0 Å². The summed E-state index contributed by atoms with van der Waals surface area (Å²) in [5.74, 6) is 0. The van der Waals surface area contributed by atoms with E-state index >= 15 is 0 Å². The molecule has 0 aromatic rings. The Balaban J connectivity index is 1.95. The lowest BCUT2D eigenvalue weighted by molar-refractivity contribution is 0.0922. The molecule has 1 saturated heterocycles. The van der Waals surface area contributed by atoms with Gasteiger partial charge in [-0.3, -0.25) is 0 Å². The van der Waals surface area contributed by atoms with Gasteiger partial charge in [0.25, 0.3) is 0 Å². The zero-order valence-electron chi connectivity index (χ0n) is 4.18.